The maximum absolute atomic E-state index is 10.6. The van der Waals surface area contributed by atoms with Crippen LogP contribution in [0.4, 0.5) is 11.6 Å². The number of imidazole rings is 1. The molecular weight excluding hydrogens is 400 g/mol. The molecule has 8 heteroatoms. The number of nitro groups is 1. The predicted molar refractivity (Wildman–Crippen MR) is 101 cm³/mol. The highest BCUT2D eigenvalue weighted by atomic mass is 79.9. The Balaban J connectivity index is 1.63. The summed E-state index contributed by atoms with van der Waals surface area (Å²) in [6, 6.07) is 16.4. The Bertz CT molecular complexity index is 1130. The van der Waals surface area contributed by atoms with Gasteiger partial charge in [-0.15, -0.1) is 0 Å². The number of halogens is 1. The number of hydrogen-bond acceptors (Lipinski definition) is 5. The van der Waals surface area contributed by atoms with Gasteiger partial charge in [0.1, 0.15) is 11.3 Å². The smallest absolute Gasteiger partial charge is 0.400 e. The Morgan fingerprint density at radius 2 is 1.96 bits per heavy atom. The van der Waals surface area contributed by atoms with Gasteiger partial charge in [0.15, 0.2) is 5.76 Å². The van der Waals surface area contributed by atoms with E-state index in [1.165, 1.54) is 18.3 Å². The quantitative estimate of drug-likeness (QED) is 0.268. The summed E-state index contributed by atoms with van der Waals surface area (Å²) in [7, 11) is 0. The van der Waals surface area contributed by atoms with Crippen LogP contribution in [0.3, 0.4) is 0 Å². The summed E-state index contributed by atoms with van der Waals surface area (Å²) in [4.78, 5) is 18.8. The third-order valence-electron chi connectivity index (χ3n) is 3.77. The van der Waals surface area contributed by atoms with E-state index in [0.717, 1.165) is 21.2 Å². The zero-order valence-electron chi connectivity index (χ0n) is 13.2. The third-order valence-corrected chi connectivity index (χ3v) is 4.30. The van der Waals surface area contributed by atoms with Crippen LogP contribution < -0.4 is 0 Å². The van der Waals surface area contributed by atoms with E-state index in [4.69, 9.17) is 4.42 Å². The van der Waals surface area contributed by atoms with E-state index in [0.29, 0.717) is 11.4 Å². The molecule has 0 fully saturated rings. The first kappa shape index (κ1) is 16.2. The van der Waals surface area contributed by atoms with E-state index in [1.807, 2.05) is 47.0 Å². The van der Waals surface area contributed by atoms with Crippen molar-refractivity contribution in [1.29, 1.82) is 0 Å². The molecule has 0 spiro atoms. The maximum atomic E-state index is 10.6. The molecule has 0 N–H and O–H groups in total. The van der Waals surface area contributed by atoms with Gasteiger partial charge < -0.3 is 4.42 Å². The van der Waals surface area contributed by atoms with Gasteiger partial charge in [0.05, 0.1) is 29.0 Å². The van der Waals surface area contributed by atoms with E-state index in [-0.39, 0.29) is 5.88 Å². The van der Waals surface area contributed by atoms with Gasteiger partial charge in [-0.2, -0.15) is 0 Å². The topological polar surface area (TPSA) is 86.5 Å². The van der Waals surface area contributed by atoms with E-state index in [2.05, 4.69) is 25.9 Å². The number of aromatic nitrogens is 2. The molecule has 4 rings (SSSR count). The van der Waals surface area contributed by atoms with Crippen LogP contribution in [0.2, 0.25) is 0 Å². The zero-order valence-corrected chi connectivity index (χ0v) is 14.8. The van der Waals surface area contributed by atoms with Gasteiger partial charge in [0, 0.05) is 10.2 Å². The Morgan fingerprint density at radius 1 is 1.15 bits per heavy atom. The highest BCUT2D eigenvalue weighted by Gasteiger charge is 2.10. The molecule has 0 saturated carbocycles. The second-order valence-corrected chi connectivity index (χ2v) is 6.37. The summed E-state index contributed by atoms with van der Waals surface area (Å²) in [6.45, 7) is 0. The van der Waals surface area contributed by atoms with Crippen LogP contribution in [0, 0.1) is 10.1 Å². The van der Waals surface area contributed by atoms with Crippen molar-refractivity contribution >= 4 is 44.7 Å². The second kappa shape index (κ2) is 6.57. The minimum absolute atomic E-state index is 0.310. The largest absolute Gasteiger partial charge is 0.433 e. The second-order valence-electron chi connectivity index (χ2n) is 5.46. The Morgan fingerprint density at radius 3 is 2.69 bits per heavy atom. The fraction of sp³-hybridized carbons (Fsp3) is 0. The molecule has 0 aliphatic heterocycles. The molecule has 0 bridgehead atoms. The fourth-order valence-electron chi connectivity index (χ4n) is 2.54. The molecular formula is C18H11BrN4O3. The van der Waals surface area contributed by atoms with Crippen LogP contribution in [0.5, 0.6) is 0 Å². The summed E-state index contributed by atoms with van der Waals surface area (Å²) in [5, 5.41) is 10.6. The number of rotatable bonds is 4. The van der Waals surface area contributed by atoms with Gasteiger partial charge >= 0.3 is 5.88 Å². The van der Waals surface area contributed by atoms with Crippen molar-refractivity contribution in [3.05, 3.63) is 81.3 Å². The Labute approximate surface area is 155 Å². The summed E-state index contributed by atoms with van der Waals surface area (Å²) >= 11 is 3.43. The first-order chi connectivity index (χ1) is 12.6. The lowest BCUT2D eigenvalue weighted by molar-refractivity contribution is -0.402. The molecule has 0 amide bonds. The molecule has 0 radical (unpaired) electrons. The van der Waals surface area contributed by atoms with Crippen LogP contribution in [-0.2, 0) is 0 Å². The highest BCUT2D eigenvalue weighted by molar-refractivity contribution is 9.10. The summed E-state index contributed by atoms with van der Waals surface area (Å²) in [6.07, 6.45) is 3.21. The minimum Gasteiger partial charge on any atom is -0.400 e. The van der Waals surface area contributed by atoms with Crippen molar-refractivity contribution in [2.75, 3.05) is 0 Å². The fourth-order valence-corrected chi connectivity index (χ4v) is 2.80. The van der Waals surface area contributed by atoms with Crippen molar-refractivity contribution in [3.8, 4) is 5.69 Å². The van der Waals surface area contributed by atoms with Crippen LogP contribution in [0.15, 0.2) is 74.8 Å². The zero-order chi connectivity index (χ0) is 18.1. The Kier molecular flexibility index (Phi) is 4.10. The van der Waals surface area contributed by atoms with Crippen molar-refractivity contribution in [3.63, 3.8) is 0 Å². The van der Waals surface area contributed by atoms with Crippen molar-refractivity contribution in [2.45, 2.75) is 0 Å². The summed E-state index contributed by atoms with van der Waals surface area (Å²) in [5.74, 6) is 0.00679. The molecule has 2 aromatic carbocycles. The van der Waals surface area contributed by atoms with Gasteiger partial charge in [0.2, 0.25) is 0 Å². The van der Waals surface area contributed by atoms with Crippen LogP contribution >= 0.6 is 15.9 Å². The van der Waals surface area contributed by atoms with Gasteiger partial charge in [0.25, 0.3) is 0 Å². The van der Waals surface area contributed by atoms with E-state index in [9.17, 15) is 10.1 Å². The molecule has 26 heavy (non-hydrogen) atoms. The standard InChI is InChI=1S/C18H11BrN4O3/c19-12-1-4-14(5-2-12)22-11-21-16-9-13(3-7-17(16)22)20-10-15-6-8-18(26-15)23(24)25/h1-11H. The average Bonchev–Trinajstić information content (AvgIpc) is 3.27. The number of nitrogens with zero attached hydrogens (tertiary/aromatic N) is 4. The predicted octanol–water partition coefficient (Wildman–Crippen LogP) is 5.04. The van der Waals surface area contributed by atoms with Gasteiger partial charge in [-0.05, 0) is 48.5 Å². The minimum atomic E-state index is -0.585. The summed E-state index contributed by atoms with van der Waals surface area (Å²) < 4.78 is 8.06. The van der Waals surface area contributed by atoms with E-state index >= 15 is 0 Å². The molecule has 0 atom stereocenters. The Hall–Kier alpha value is -3.26. The van der Waals surface area contributed by atoms with Gasteiger partial charge in [-0.1, -0.05) is 15.9 Å². The lowest BCUT2D eigenvalue weighted by atomic mass is 10.2. The lowest BCUT2D eigenvalue weighted by Crippen LogP contribution is -1.90. The molecule has 128 valence electrons. The first-order valence-corrected chi connectivity index (χ1v) is 8.41. The molecule has 4 aromatic rings. The molecule has 2 heterocycles. The van der Waals surface area contributed by atoms with Gasteiger partial charge in [-0.3, -0.25) is 19.7 Å². The number of aliphatic imine (C=N–C) groups is 1. The number of benzene rings is 2. The third kappa shape index (κ3) is 3.14. The summed E-state index contributed by atoms with van der Waals surface area (Å²) in [5.41, 5.74) is 3.44. The number of fused-ring (bicyclic) bond motifs is 1. The molecule has 0 unspecified atom stereocenters. The van der Waals surface area contributed by atoms with E-state index in [1.54, 1.807) is 6.33 Å². The number of hydrogen-bond donors (Lipinski definition) is 0. The molecule has 2 aromatic heterocycles. The van der Waals surface area contributed by atoms with Gasteiger partial charge in [-0.25, -0.2) is 4.98 Å². The monoisotopic (exact) mass is 410 g/mol. The molecule has 7 nitrogen and oxygen atoms in total. The van der Waals surface area contributed by atoms with Crippen molar-refractivity contribution in [2.24, 2.45) is 4.99 Å². The SMILES string of the molecule is O=[N+]([O-])c1ccc(C=Nc2ccc3c(c2)ncn3-c2ccc(Br)cc2)o1. The van der Waals surface area contributed by atoms with Crippen LogP contribution in [0.1, 0.15) is 5.76 Å². The van der Waals surface area contributed by atoms with E-state index < -0.39 is 4.92 Å². The van der Waals surface area contributed by atoms with Crippen molar-refractivity contribution < 1.29 is 9.34 Å². The molecule has 0 saturated heterocycles. The number of furan rings is 1. The molecule has 0 aliphatic rings. The lowest BCUT2D eigenvalue weighted by Gasteiger charge is -2.04. The normalized spacial score (nSPS) is 11.4. The average molecular weight is 411 g/mol. The maximum Gasteiger partial charge on any atom is 0.433 e. The van der Waals surface area contributed by atoms with Crippen molar-refractivity contribution in [1.82, 2.24) is 9.55 Å². The first-order valence-electron chi connectivity index (χ1n) is 7.61. The van der Waals surface area contributed by atoms with Crippen LogP contribution in [-0.4, -0.2) is 20.7 Å². The van der Waals surface area contributed by atoms with Crippen LogP contribution in [0.25, 0.3) is 16.7 Å². The highest BCUT2D eigenvalue weighted by Crippen LogP contribution is 2.24. The molecule has 0 aliphatic carbocycles.